The molecule has 0 spiro atoms. The maximum atomic E-state index is 13.7. The second-order valence-corrected chi connectivity index (χ2v) is 7.00. The topological polar surface area (TPSA) is 15.3 Å². The molecule has 0 aliphatic carbocycles. The summed E-state index contributed by atoms with van der Waals surface area (Å²) in [5.74, 6) is -0.110. The molecule has 1 saturated heterocycles. The van der Waals surface area contributed by atoms with Crippen LogP contribution in [-0.2, 0) is 6.42 Å². The van der Waals surface area contributed by atoms with Gasteiger partial charge in [0.1, 0.15) is 5.82 Å². The maximum Gasteiger partial charge on any atom is 0.126 e. The molecule has 0 saturated carbocycles. The fourth-order valence-corrected chi connectivity index (χ4v) is 3.06. The van der Waals surface area contributed by atoms with Gasteiger partial charge in [-0.15, -0.1) is 0 Å². The van der Waals surface area contributed by atoms with Crippen LogP contribution in [0, 0.1) is 5.82 Å². The SMILES string of the molecule is CN(CCc1cc(Br)ccc1F)C1CNC(C)(C)C1. The van der Waals surface area contributed by atoms with Gasteiger partial charge in [0.05, 0.1) is 0 Å². The molecule has 0 bridgehead atoms. The van der Waals surface area contributed by atoms with Crippen molar-refractivity contribution in [2.24, 2.45) is 0 Å². The molecule has 1 fully saturated rings. The molecule has 4 heteroatoms. The lowest BCUT2D eigenvalue weighted by Gasteiger charge is -2.25. The van der Waals surface area contributed by atoms with Gasteiger partial charge in [-0.2, -0.15) is 0 Å². The third-order valence-electron chi connectivity index (χ3n) is 3.93. The van der Waals surface area contributed by atoms with Crippen molar-refractivity contribution in [3.8, 4) is 0 Å². The summed E-state index contributed by atoms with van der Waals surface area (Å²) in [5.41, 5.74) is 1.01. The Morgan fingerprint density at radius 3 is 2.84 bits per heavy atom. The summed E-state index contributed by atoms with van der Waals surface area (Å²) in [4.78, 5) is 2.34. The molecular formula is C15H22BrFN2. The highest BCUT2D eigenvalue weighted by Gasteiger charge is 2.32. The van der Waals surface area contributed by atoms with Gasteiger partial charge in [-0.1, -0.05) is 15.9 Å². The summed E-state index contributed by atoms with van der Waals surface area (Å²) in [6.45, 7) is 6.36. The summed E-state index contributed by atoms with van der Waals surface area (Å²) in [5, 5.41) is 3.52. The quantitative estimate of drug-likeness (QED) is 0.913. The van der Waals surface area contributed by atoms with E-state index in [1.165, 1.54) is 6.07 Å². The van der Waals surface area contributed by atoms with Crippen LogP contribution in [-0.4, -0.2) is 36.6 Å². The Bertz CT molecular complexity index is 448. The number of likely N-dealkylation sites (N-methyl/N-ethyl adjacent to an activating group) is 1. The van der Waals surface area contributed by atoms with Crippen LogP contribution in [0.25, 0.3) is 0 Å². The Morgan fingerprint density at radius 2 is 2.21 bits per heavy atom. The first-order valence-electron chi connectivity index (χ1n) is 6.76. The van der Waals surface area contributed by atoms with Crippen LogP contribution in [0.2, 0.25) is 0 Å². The summed E-state index contributed by atoms with van der Waals surface area (Å²) in [6.07, 6.45) is 1.89. The van der Waals surface area contributed by atoms with E-state index in [0.717, 1.165) is 36.0 Å². The monoisotopic (exact) mass is 328 g/mol. The van der Waals surface area contributed by atoms with Crippen LogP contribution < -0.4 is 5.32 Å². The lowest BCUT2D eigenvalue weighted by atomic mass is 10.0. The maximum absolute atomic E-state index is 13.7. The van der Waals surface area contributed by atoms with Gasteiger partial charge in [0, 0.05) is 29.1 Å². The third kappa shape index (κ3) is 4.01. The number of hydrogen-bond donors (Lipinski definition) is 1. The van der Waals surface area contributed by atoms with E-state index >= 15 is 0 Å². The van der Waals surface area contributed by atoms with Crippen molar-refractivity contribution in [3.63, 3.8) is 0 Å². The lowest BCUT2D eigenvalue weighted by Crippen LogP contribution is -2.34. The van der Waals surface area contributed by atoms with E-state index in [-0.39, 0.29) is 11.4 Å². The van der Waals surface area contributed by atoms with Crippen molar-refractivity contribution < 1.29 is 4.39 Å². The third-order valence-corrected chi connectivity index (χ3v) is 4.42. The summed E-state index contributed by atoms with van der Waals surface area (Å²) in [6, 6.07) is 5.69. The van der Waals surface area contributed by atoms with E-state index in [0.29, 0.717) is 6.04 Å². The van der Waals surface area contributed by atoms with Gasteiger partial charge in [0.15, 0.2) is 0 Å². The molecule has 1 N–H and O–H groups in total. The molecule has 19 heavy (non-hydrogen) atoms. The second kappa shape index (κ2) is 5.90. The standard InChI is InChI=1S/C15H22BrFN2/c1-15(2)9-13(10-18-15)19(3)7-6-11-8-12(16)4-5-14(11)17/h4-5,8,13,18H,6-7,9-10H2,1-3H3. The fraction of sp³-hybridized carbons (Fsp3) is 0.600. The average Bonchev–Trinajstić information content (AvgIpc) is 2.70. The highest BCUT2D eigenvalue weighted by molar-refractivity contribution is 9.10. The summed E-state index contributed by atoms with van der Waals surface area (Å²) >= 11 is 3.39. The predicted molar refractivity (Wildman–Crippen MR) is 80.9 cm³/mol. The molecule has 0 radical (unpaired) electrons. The second-order valence-electron chi connectivity index (χ2n) is 6.09. The summed E-state index contributed by atoms with van der Waals surface area (Å²) in [7, 11) is 2.13. The van der Waals surface area contributed by atoms with Gasteiger partial charge in [0.2, 0.25) is 0 Å². The van der Waals surface area contributed by atoms with Gasteiger partial charge < -0.3 is 10.2 Å². The Kier molecular flexibility index (Phi) is 4.64. The molecule has 2 nitrogen and oxygen atoms in total. The lowest BCUT2D eigenvalue weighted by molar-refractivity contribution is 0.250. The smallest absolute Gasteiger partial charge is 0.126 e. The van der Waals surface area contributed by atoms with Crippen LogP contribution in [0.4, 0.5) is 4.39 Å². The van der Waals surface area contributed by atoms with E-state index in [4.69, 9.17) is 0 Å². The molecule has 1 aliphatic heterocycles. The van der Waals surface area contributed by atoms with Crippen molar-refractivity contribution in [1.82, 2.24) is 10.2 Å². The molecule has 1 aliphatic rings. The Labute approximate surface area is 123 Å². The average molecular weight is 329 g/mol. The molecule has 2 rings (SSSR count). The predicted octanol–water partition coefficient (Wildman–Crippen LogP) is 3.20. The molecule has 1 aromatic carbocycles. The molecule has 1 aromatic rings. The minimum absolute atomic E-state index is 0.110. The number of rotatable bonds is 4. The van der Waals surface area contributed by atoms with E-state index in [2.05, 4.69) is 47.0 Å². The number of nitrogens with zero attached hydrogens (tertiary/aromatic N) is 1. The molecule has 0 amide bonds. The van der Waals surface area contributed by atoms with Gasteiger partial charge in [-0.25, -0.2) is 4.39 Å². The van der Waals surface area contributed by atoms with Gasteiger partial charge in [-0.3, -0.25) is 0 Å². The highest BCUT2D eigenvalue weighted by atomic mass is 79.9. The van der Waals surface area contributed by atoms with Crippen molar-refractivity contribution in [2.75, 3.05) is 20.1 Å². The van der Waals surface area contributed by atoms with Crippen LogP contribution in [0.5, 0.6) is 0 Å². The molecular weight excluding hydrogens is 307 g/mol. The van der Waals surface area contributed by atoms with Gasteiger partial charge in [-0.05, 0) is 57.5 Å². The first-order valence-corrected chi connectivity index (χ1v) is 7.56. The molecule has 106 valence electrons. The van der Waals surface area contributed by atoms with Crippen molar-refractivity contribution in [3.05, 3.63) is 34.1 Å². The molecule has 1 heterocycles. The Morgan fingerprint density at radius 1 is 1.47 bits per heavy atom. The first-order chi connectivity index (χ1) is 8.87. The van der Waals surface area contributed by atoms with Crippen LogP contribution in [0.15, 0.2) is 22.7 Å². The Balaban J connectivity index is 1.90. The van der Waals surface area contributed by atoms with E-state index in [1.807, 2.05) is 6.07 Å². The normalized spacial score (nSPS) is 22.1. The zero-order valence-electron chi connectivity index (χ0n) is 11.8. The minimum Gasteiger partial charge on any atom is -0.310 e. The minimum atomic E-state index is -0.110. The zero-order valence-corrected chi connectivity index (χ0v) is 13.4. The molecule has 1 unspecified atom stereocenters. The van der Waals surface area contributed by atoms with Crippen LogP contribution >= 0.6 is 15.9 Å². The Hall–Kier alpha value is -0.450. The van der Waals surface area contributed by atoms with Crippen molar-refractivity contribution in [1.29, 1.82) is 0 Å². The number of hydrogen-bond acceptors (Lipinski definition) is 2. The van der Waals surface area contributed by atoms with Crippen molar-refractivity contribution in [2.45, 2.75) is 38.3 Å². The van der Waals surface area contributed by atoms with E-state index < -0.39 is 0 Å². The largest absolute Gasteiger partial charge is 0.310 e. The number of nitrogens with one attached hydrogen (secondary N) is 1. The van der Waals surface area contributed by atoms with E-state index in [1.54, 1.807) is 6.07 Å². The first kappa shape index (κ1) is 14.9. The highest BCUT2D eigenvalue weighted by Crippen LogP contribution is 2.22. The number of halogens is 2. The van der Waals surface area contributed by atoms with Gasteiger partial charge >= 0.3 is 0 Å². The fourth-order valence-electron chi connectivity index (χ4n) is 2.65. The van der Waals surface area contributed by atoms with Crippen molar-refractivity contribution >= 4 is 15.9 Å². The van der Waals surface area contributed by atoms with Crippen LogP contribution in [0.3, 0.4) is 0 Å². The number of benzene rings is 1. The van der Waals surface area contributed by atoms with Gasteiger partial charge in [0.25, 0.3) is 0 Å². The molecule has 0 aromatic heterocycles. The summed E-state index contributed by atoms with van der Waals surface area (Å²) < 4.78 is 14.6. The van der Waals surface area contributed by atoms with Crippen LogP contribution in [0.1, 0.15) is 25.8 Å². The zero-order chi connectivity index (χ0) is 14.0. The van der Waals surface area contributed by atoms with E-state index in [9.17, 15) is 4.39 Å². The molecule has 1 atom stereocenters.